The van der Waals surface area contributed by atoms with Crippen molar-refractivity contribution in [3.05, 3.63) is 24.0 Å². The topological polar surface area (TPSA) is 71.3 Å². The number of piperidine rings is 1. The van der Waals surface area contributed by atoms with E-state index in [4.69, 9.17) is 10.5 Å². The molecule has 3 N–H and O–H groups in total. The number of amides is 1. The number of ether oxygens (including phenoxy) is 1. The van der Waals surface area contributed by atoms with Crippen molar-refractivity contribution in [2.45, 2.75) is 45.3 Å². The number of hydrogen-bond acceptors (Lipinski definition) is 3. The van der Waals surface area contributed by atoms with Gasteiger partial charge < -0.3 is 20.4 Å². The largest absolute Gasteiger partial charge is 0.444 e. The summed E-state index contributed by atoms with van der Waals surface area (Å²) in [5.41, 5.74) is 6.99. The van der Waals surface area contributed by atoms with Crippen LogP contribution in [0.2, 0.25) is 0 Å². The fourth-order valence-corrected chi connectivity index (χ4v) is 2.58. The average molecular weight is 279 g/mol. The van der Waals surface area contributed by atoms with Gasteiger partial charge in [-0.3, -0.25) is 0 Å². The number of nitrogens with one attached hydrogen (secondary N) is 1. The predicted octanol–water partition coefficient (Wildman–Crippen LogP) is 2.66. The molecule has 1 atom stereocenters. The van der Waals surface area contributed by atoms with Crippen LogP contribution in [0, 0.1) is 5.92 Å². The highest BCUT2D eigenvalue weighted by Crippen LogP contribution is 2.29. The molecule has 0 aliphatic carbocycles. The van der Waals surface area contributed by atoms with E-state index in [2.05, 4.69) is 4.98 Å². The zero-order valence-electron chi connectivity index (χ0n) is 12.6. The van der Waals surface area contributed by atoms with Crippen molar-refractivity contribution in [1.82, 2.24) is 9.88 Å². The predicted molar refractivity (Wildman–Crippen MR) is 78.3 cm³/mol. The van der Waals surface area contributed by atoms with Gasteiger partial charge in [0.2, 0.25) is 0 Å². The Morgan fingerprint density at radius 2 is 2.10 bits per heavy atom. The minimum Gasteiger partial charge on any atom is -0.444 e. The maximum Gasteiger partial charge on any atom is 0.410 e. The molecule has 2 heterocycles. The van der Waals surface area contributed by atoms with Gasteiger partial charge in [-0.25, -0.2) is 4.79 Å². The number of aromatic amines is 1. The van der Waals surface area contributed by atoms with Crippen molar-refractivity contribution in [2.24, 2.45) is 11.7 Å². The number of rotatable bonds is 2. The highest BCUT2D eigenvalue weighted by molar-refractivity contribution is 5.68. The van der Waals surface area contributed by atoms with Crippen LogP contribution in [-0.2, 0) is 4.74 Å². The monoisotopic (exact) mass is 279 g/mol. The number of nitrogens with zero attached hydrogens (tertiary/aromatic N) is 1. The van der Waals surface area contributed by atoms with E-state index >= 15 is 0 Å². The standard InChI is InChI=1S/C15H25N3O2/c1-15(2,3)20-14(19)18-8-5-11(6-9-18)13(16)12-4-7-17-10-12/h4,7,10-11,13,17H,5-6,8-9,16H2,1-3H3. The summed E-state index contributed by atoms with van der Waals surface area (Å²) < 4.78 is 5.40. The molecule has 1 aromatic heterocycles. The van der Waals surface area contributed by atoms with Crippen LogP contribution in [0.1, 0.15) is 45.2 Å². The van der Waals surface area contributed by atoms with E-state index in [0.29, 0.717) is 5.92 Å². The summed E-state index contributed by atoms with van der Waals surface area (Å²) >= 11 is 0. The Hall–Kier alpha value is -1.49. The lowest BCUT2D eigenvalue weighted by Gasteiger charge is -2.35. The molecule has 1 amide bonds. The number of carbonyl (C=O) groups is 1. The van der Waals surface area contributed by atoms with Crippen molar-refractivity contribution in [2.75, 3.05) is 13.1 Å². The quantitative estimate of drug-likeness (QED) is 0.874. The van der Waals surface area contributed by atoms with E-state index in [1.807, 2.05) is 39.2 Å². The molecule has 0 spiro atoms. The maximum absolute atomic E-state index is 12.0. The molecule has 5 heteroatoms. The van der Waals surface area contributed by atoms with E-state index in [0.717, 1.165) is 31.5 Å². The van der Waals surface area contributed by atoms with Crippen LogP contribution in [0.15, 0.2) is 18.5 Å². The molecule has 0 bridgehead atoms. The van der Waals surface area contributed by atoms with Crippen LogP contribution < -0.4 is 5.73 Å². The first-order valence-electron chi connectivity index (χ1n) is 7.23. The van der Waals surface area contributed by atoms with Crippen molar-refractivity contribution in [3.8, 4) is 0 Å². The second-order valence-electron chi connectivity index (χ2n) is 6.47. The van der Waals surface area contributed by atoms with Gasteiger partial charge in [0.1, 0.15) is 5.60 Å². The molecule has 0 aromatic carbocycles. The number of carbonyl (C=O) groups excluding carboxylic acids is 1. The summed E-state index contributed by atoms with van der Waals surface area (Å²) in [6, 6.07) is 2.06. The Bertz CT molecular complexity index is 428. The molecule has 1 aliphatic rings. The molecule has 2 rings (SSSR count). The lowest BCUT2D eigenvalue weighted by atomic mass is 9.87. The molecule has 112 valence electrons. The molecule has 0 saturated carbocycles. The Labute approximate surface area is 120 Å². The summed E-state index contributed by atoms with van der Waals surface area (Å²) in [6.07, 6.45) is 5.47. The first-order chi connectivity index (χ1) is 9.37. The number of aromatic nitrogens is 1. The molecular weight excluding hydrogens is 254 g/mol. The Morgan fingerprint density at radius 3 is 2.60 bits per heavy atom. The van der Waals surface area contributed by atoms with E-state index in [9.17, 15) is 4.79 Å². The van der Waals surface area contributed by atoms with Gasteiger partial charge in [0, 0.05) is 31.5 Å². The molecule has 1 unspecified atom stereocenters. The highest BCUT2D eigenvalue weighted by Gasteiger charge is 2.29. The van der Waals surface area contributed by atoms with E-state index in [1.54, 1.807) is 4.90 Å². The fraction of sp³-hybridized carbons (Fsp3) is 0.667. The SMILES string of the molecule is CC(C)(C)OC(=O)N1CCC(C(N)c2cc[nH]c2)CC1. The van der Waals surface area contributed by atoms with Crippen LogP contribution in [-0.4, -0.2) is 34.7 Å². The van der Waals surface area contributed by atoms with E-state index < -0.39 is 5.60 Å². The van der Waals surface area contributed by atoms with E-state index in [-0.39, 0.29) is 12.1 Å². The average Bonchev–Trinajstić information content (AvgIpc) is 2.90. The van der Waals surface area contributed by atoms with Gasteiger partial charge in [-0.1, -0.05) is 0 Å². The molecule has 0 radical (unpaired) electrons. The number of hydrogen-bond donors (Lipinski definition) is 2. The summed E-state index contributed by atoms with van der Waals surface area (Å²) in [7, 11) is 0. The highest BCUT2D eigenvalue weighted by atomic mass is 16.6. The minimum absolute atomic E-state index is 0.0436. The third-order valence-electron chi connectivity index (χ3n) is 3.71. The van der Waals surface area contributed by atoms with Crippen LogP contribution in [0.25, 0.3) is 0 Å². The first-order valence-corrected chi connectivity index (χ1v) is 7.23. The molecule has 1 aromatic rings. The van der Waals surface area contributed by atoms with Crippen LogP contribution in [0.3, 0.4) is 0 Å². The van der Waals surface area contributed by atoms with Crippen molar-refractivity contribution >= 4 is 6.09 Å². The maximum atomic E-state index is 12.0. The van der Waals surface area contributed by atoms with Gasteiger partial charge in [-0.15, -0.1) is 0 Å². The van der Waals surface area contributed by atoms with Gasteiger partial charge in [0.15, 0.2) is 0 Å². The zero-order valence-corrected chi connectivity index (χ0v) is 12.6. The third-order valence-corrected chi connectivity index (χ3v) is 3.71. The van der Waals surface area contributed by atoms with Crippen molar-refractivity contribution in [1.29, 1.82) is 0 Å². The number of likely N-dealkylation sites (tertiary alicyclic amines) is 1. The molecular formula is C15H25N3O2. The minimum atomic E-state index is -0.435. The fourth-order valence-electron chi connectivity index (χ4n) is 2.58. The van der Waals surface area contributed by atoms with Gasteiger partial charge in [0.25, 0.3) is 0 Å². The lowest BCUT2D eigenvalue weighted by molar-refractivity contribution is 0.0174. The summed E-state index contributed by atoms with van der Waals surface area (Å²) in [5, 5.41) is 0. The van der Waals surface area contributed by atoms with E-state index in [1.165, 1.54) is 0 Å². The second kappa shape index (κ2) is 5.87. The summed E-state index contributed by atoms with van der Waals surface area (Å²) in [4.78, 5) is 16.8. The summed E-state index contributed by atoms with van der Waals surface area (Å²) in [6.45, 7) is 7.10. The van der Waals surface area contributed by atoms with Crippen LogP contribution in [0.5, 0.6) is 0 Å². The number of nitrogens with two attached hydrogens (primary N) is 1. The van der Waals surface area contributed by atoms with Gasteiger partial charge in [-0.2, -0.15) is 0 Å². The van der Waals surface area contributed by atoms with Gasteiger partial charge >= 0.3 is 6.09 Å². The molecule has 1 fully saturated rings. The molecule has 1 aliphatic heterocycles. The zero-order chi connectivity index (χ0) is 14.8. The van der Waals surface area contributed by atoms with Crippen molar-refractivity contribution in [3.63, 3.8) is 0 Å². The van der Waals surface area contributed by atoms with Crippen LogP contribution >= 0.6 is 0 Å². The second-order valence-corrected chi connectivity index (χ2v) is 6.47. The third kappa shape index (κ3) is 3.76. The Balaban J connectivity index is 1.85. The molecule has 1 saturated heterocycles. The molecule has 20 heavy (non-hydrogen) atoms. The van der Waals surface area contributed by atoms with Gasteiger partial charge in [-0.05, 0) is 51.2 Å². The number of H-pyrrole nitrogens is 1. The Morgan fingerprint density at radius 1 is 1.45 bits per heavy atom. The van der Waals surface area contributed by atoms with Gasteiger partial charge in [0.05, 0.1) is 0 Å². The van der Waals surface area contributed by atoms with Crippen molar-refractivity contribution < 1.29 is 9.53 Å². The smallest absolute Gasteiger partial charge is 0.410 e. The van der Waals surface area contributed by atoms with Crippen LogP contribution in [0.4, 0.5) is 4.79 Å². The molecule has 5 nitrogen and oxygen atoms in total. The lowest BCUT2D eigenvalue weighted by Crippen LogP contribution is -2.43. The Kier molecular flexibility index (Phi) is 4.38. The summed E-state index contributed by atoms with van der Waals surface area (Å²) in [5.74, 6) is 0.421. The first kappa shape index (κ1) is 14.9. The normalized spacial score (nSPS) is 18.9.